The third-order valence-electron chi connectivity index (χ3n) is 3.89. The predicted octanol–water partition coefficient (Wildman–Crippen LogP) is 3.61. The Labute approximate surface area is 144 Å². The van der Waals surface area contributed by atoms with E-state index in [0.29, 0.717) is 10.5 Å². The van der Waals surface area contributed by atoms with Gasteiger partial charge in [-0.25, -0.2) is 0 Å². The Balaban J connectivity index is 1.70. The zero-order chi connectivity index (χ0) is 16.9. The first-order valence-corrected chi connectivity index (χ1v) is 8.64. The van der Waals surface area contributed by atoms with Gasteiger partial charge in [-0.1, -0.05) is 18.2 Å². The van der Waals surface area contributed by atoms with E-state index >= 15 is 0 Å². The van der Waals surface area contributed by atoms with Crippen LogP contribution in [0.4, 0.5) is 5.69 Å². The molecule has 2 aliphatic rings. The number of allylic oxidation sites excluding steroid dienone is 2. The van der Waals surface area contributed by atoms with Crippen LogP contribution in [0.25, 0.3) is 6.08 Å². The Morgan fingerprint density at radius 2 is 1.96 bits per heavy atom. The van der Waals surface area contributed by atoms with Gasteiger partial charge in [-0.2, -0.15) is 4.99 Å². The zero-order valence-electron chi connectivity index (χ0n) is 13.1. The second-order valence-electron chi connectivity index (χ2n) is 5.56. The van der Waals surface area contributed by atoms with Crippen molar-refractivity contribution in [2.75, 3.05) is 13.1 Å². The molecule has 2 heterocycles. The van der Waals surface area contributed by atoms with Crippen LogP contribution < -0.4 is 0 Å². The third kappa shape index (κ3) is 3.73. The summed E-state index contributed by atoms with van der Waals surface area (Å²) in [7, 11) is 0. The number of nitro benzene ring substituents is 1. The van der Waals surface area contributed by atoms with Crippen LogP contribution in [-0.2, 0) is 4.79 Å². The van der Waals surface area contributed by atoms with Crippen molar-refractivity contribution < 1.29 is 9.72 Å². The molecule has 1 aromatic rings. The summed E-state index contributed by atoms with van der Waals surface area (Å²) in [4.78, 5) is 29.4. The smallest absolute Gasteiger partial charge is 0.286 e. The number of rotatable bonds is 3. The SMILES string of the molecule is O=C1N=C(N2CCCCC2)S/C1=C\C=C\c1ccccc1[N+](=O)[O-]. The Hall–Kier alpha value is -2.41. The van der Waals surface area contributed by atoms with Crippen LogP contribution in [0.2, 0.25) is 0 Å². The highest BCUT2D eigenvalue weighted by Crippen LogP contribution is 2.30. The number of nitro groups is 1. The Morgan fingerprint density at radius 3 is 2.71 bits per heavy atom. The van der Waals surface area contributed by atoms with Gasteiger partial charge in [-0.15, -0.1) is 0 Å². The van der Waals surface area contributed by atoms with Crippen molar-refractivity contribution in [2.45, 2.75) is 19.3 Å². The van der Waals surface area contributed by atoms with E-state index in [0.717, 1.165) is 31.1 Å². The lowest BCUT2D eigenvalue weighted by atomic mass is 10.1. The van der Waals surface area contributed by atoms with Crippen LogP contribution >= 0.6 is 11.8 Å². The van der Waals surface area contributed by atoms with E-state index in [1.807, 2.05) is 0 Å². The number of nitrogens with zero attached hydrogens (tertiary/aromatic N) is 3. The van der Waals surface area contributed by atoms with Gasteiger partial charge in [0.1, 0.15) is 0 Å². The summed E-state index contributed by atoms with van der Waals surface area (Å²) in [5, 5.41) is 11.8. The number of benzene rings is 1. The van der Waals surface area contributed by atoms with Gasteiger partial charge in [-0.05, 0) is 49.2 Å². The number of carbonyl (C=O) groups excluding carboxylic acids is 1. The zero-order valence-corrected chi connectivity index (χ0v) is 13.9. The van der Waals surface area contributed by atoms with Crippen molar-refractivity contribution in [3.8, 4) is 0 Å². The fraction of sp³-hybridized carbons (Fsp3) is 0.294. The molecule has 6 nitrogen and oxygen atoms in total. The van der Waals surface area contributed by atoms with Crippen molar-refractivity contribution in [1.82, 2.24) is 4.90 Å². The Kier molecular flexibility index (Phi) is 5.10. The number of amidine groups is 1. The third-order valence-corrected chi connectivity index (χ3v) is 4.96. The molecule has 124 valence electrons. The normalized spacial score (nSPS) is 20.0. The highest BCUT2D eigenvalue weighted by molar-refractivity contribution is 8.18. The summed E-state index contributed by atoms with van der Waals surface area (Å²) in [6.45, 7) is 1.89. The molecule has 3 rings (SSSR count). The minimum Gasteiger partial charge on any atom is -0.351 e. The first-order chi connectivity index (χ1) is 11.6. The summed E-state index contributed by atoms with van der Waals surface area (Å²) in [6.07, 6.45) is 8.46. The molecule has 0 aliphatic carbocycles. The number of amides is 1. The van der Waals surface area contributed by atoms with Gasteiger partial charge >= 0.3 is 0 Å². The van der Waals surface area contributed by atoms with E-state index in [4.69, 9.17) is 0 Å². The van der Waals surface area contributed by atoms with Crippen LogP contribution in [0.1, 0.15) is 24.8 Å². The minimum absolute atomic E-state index is 0.0443. The quantitative estimate of drug-likeness (QED) is 0.476. The molecule has 0 saturated carbocycles. The topological polar surface area (TPSA) is 75.8 Å². The Bertz CT molecular complexity index is 749. The average Bonchev–Trinajstić information content (AvgIpc) is 2.97. The number of para-hydroxylation sites is 1. The van der Waals surface area contributed by atoms with E-state index in [9.17, 15) is 14.9 Å². The summed E-state index contributed by atoms with van der Waals surface area (Å²) >= 11 is 1.37. The molecule has 0 radical (unpaired) electrons. The predicted molar refractivity (Wildman–Crippen MR) is 95.7 cm³/mol. The number of carbonyl (C=O) groups is 1. The lowest BCUT2D eigenvalue weighted by molar-refractivity contribution is -0.385. The number of hydrogen-bond donors (Lipinski definition) is 0. The number of hydrogen-bond acceptors (Lipinski definition) is 5. The molecule has 0 spiro atoms. The second kappa shape index (κ2) is 7.44. The van der Waals surface area contributed by atoms with Crippen LogP contribution in [0, 0.1) is 10.1 Å². The van der Waals surface area contributed by atoms with Gasteiger partial charge in [-0.3, -0.25) is 14.9 Å². The molecule has 0 aromatic heterocycles. The molecule has 1 saturated heterocycles. The minimum atomic E-state index is -0.417. The van der Waals surface area contributed by atoms with E-state index < -0.39 is 4.92 Å². The molecule has 0 bridgehead atoms. The number of thioether (sulfide) groups is 1. The molecule has 2 aliphatic heterocycles. The Morgan fingerprint density at radius 1 is 1.21 bits per heavy atom. The molecule has 7 heteroatoms. The summed E-state index contributed by atoms with van der Waals surface area (Å²) in [5.41, 5.74) is 0.551. The van der Waals surface area contributed by atoms with E-state index in [2.05, 4.69) is 9.89 Å². The van der Waals surface area contributed by atoms with Gasteiger partial charge in [0.25, 0.3) is 11.6 Å². The number of piperidine rings is 1. The number of aliphatic imine (C=N–C) groups is 1. The molecule has 0 unspecified atom stereocenters. The number of likely N-dealkylation sites (tertiary alicyclic amines) is 1. The van der Waals surface area contributed by atoms with Gasteiger partial charge in [0, 0.05) is 19.2 Å². The maximum atomic E-state index is 12.0. The fourth-order valence-corrected chi connectivity index (χ4v) is 3.58. The second-order valence-corrected chi connectivity index (χ2v) is 6.56. The van der Waals surface area contributed by atoms with Crippen molar-refractivity contribution in [3.05, 3.63) is 57.0 Å². The van der Waals surface area contributed by atoms with E-state index in [1.165, 1.54) is 24.2 Å². The highest BCUT2D eigenvalue weighted by atomic mass is 32.2. The maximum Gasteiger partial charge on any atom is 0.286 e. The summed E-state index contributed by atoms with van der Waals surface area (Å²) in [5.74, 6) is -0.243. The summed E-state index contributed by atoms with van der Waals surface area (Å²) in [6, 6.07) is 6.50. The molecule has 1 aromatic carbocycles. The van der Waals surface area contributed by atoms with Crippen LogP contribution in [0.5, 0.6) is 0 Å². The first kappa shape index (κ1) is 16.4. The molecular formula is C17H17N3O3S. The molecule has 24 heavy (non-hydrogen) atoms. The fourth-order valence-electron chi connectivity index (χ4n) is 2.67. The van der Waals surface area contributed by atoms with Gasteiger partial charge in [0.15, 0.2) is 5.17 Å². The van der Waals surface area contributed by atoms with E-state index in [1.54, 1.807) is 36.4 Å². The van der Waals surface area contributed by atoms with Crippen molar-refractivity contribution in [3.63, 3.8) is 0 Å². The van der Waals surface area contributed by atoms with Crippen molar-refractivity contribution in [1.29, 1.82) is 0 Å². The standard InChI is InChI=1S/C17H17N3O3S/c21-16-15(24-17(18-16)19-11-4-1-5-12-19)10-6-8-13-7-2-3-9-14(13)20(22)23/h2-3,6-10H,1,4-5,11-12H2/b8-6+,15-10-. The molecular weight excluding hydrogens is 326 g/mol. The maximum absolute atomic E-state index is 12.0. The van der Waals surface area contributed by atoms with Crippen LogP contribution in [0.3, 0.4) is 0 Å². The molecule has 0 atom stereocenters. The van der Waals surface area contributed by atoms with E-state index in [-0.39, 0.29) is 11.6 Å². The molecule has 0 N–H and O–H groups in total. The highest BCUT2D eigenvalue weighted by Gasteiger charge is 2.26. The van der Waals surface area contributed by atoms with Crippen LogP contribution in [-0.4, -0.2) is 34.0 Å². The first-order valence-electron chi connectivity index (χ1n) is 7.83. The average molecular weight is 343 g/mol. The largest absolute Gasteiger partial charge is 0.351 e. The van der Waals surface area contributed by atoms with Gasteiger partial charge < -0.3 is 4.90 Å². The lowest BCUT2D eigenvalue weighted by Crippen LogP contribution is -2.33. The van der Waals surface area contributed by atoms with Crippen LogP contribution in [0.15, 0.2) is 46.3 Å². The summed E-state index contributed by atoms with van der Waals surface area (Å²) < 4.78 is 0. The lowest BCUT2D eigenvalue weighted by Gasteiger charge is -2.27. The molecule has 1 amide bonds. The van der Waals surface area contributed by atoms with Crippen molar-refractivity contribution in [2.24, 2.45) is 4.99 Å². The van der Waals surface area contributed by atoms with Gasteiger partial charge in [0.2, 0.25) is 0 Å². The van der Waals surface area contributed by atoms with Crippen molar-refractivity contribution >= 4 is 34.6 Å². The molecule has 1 fully saturated rings. The monoisotopic (exact) mass is 343 g/mol. The van der Waals surface area contributed by atoms with Gasteiger partial charge in [0.05, 0.1) is 15.4 Å².